The second kappa shape index (κ2) is 15.8. The van der Waals surface area contributed by atoms with Crippen LogP contribution in [0.1, 0.15) is 25.0 Å². The number of hydrogen-bond donors (Lipinski definition) is 0. The van der Waals surface area contributed by atoms with Gasteiger partial charge in [0.1, 0.15) is 0 Å². The van der Waals surface area contributed by atoms with E-state index in [0.717, 1.165) is 0 Å². The summed E-state index contributed by atoms with van der Waals surface area (Å²) in [4.78, 5) is 0. The largest absolute Gasteiger partial charge is 1.00 e. The first-order valence-corrected chi connectivity index (χ1v) is 14.2. The zero-order chi connectivity index (χ0) is 25.3. The Kier molecular flexibility index (Phi) is 13.1. The van der Waals surface area contributed by atoms with Crippen molar-refractivity contribution >= 4 is 15.4 Å². The molecule has 2 unspecified atom stereocenters. The standard InChI is InChI=1S/2C17H15.CH2.2ClH.Zr/c2*1-13-11-15-9-5-6-10-16(17(15)12-13)14-7-3-2-4-8-14;;;;/h2*2-13H,1H3;1H2;2*1H;/q2*-1;;;;+2/p-2. The van der Waals surface area contributed by atoms with Gasteiger partial charge in [-0.1, -0.05) is 122 Å². The van der Waals surface area contributed by atoms with E-state index in [1.165, 1.54) is 68.8 Å². The van der Waals surface area contributed by atoms with E-state index in [0.29, 0.717) is 11.8 Å². The van der Waals surface area contributed by atoms with Gasteiger partial charge in [-0.05, 0) is 11.1 Å². The first kappa shape index (κ1) is 31.6. The molecule has 4 aliphatic rings. The molecule has 0 fully saturated rings. The van der Waals surface area contributed by atoms with Crippen LogP contribution in [0.3, 0.4) is 0 Å². The third-order valence-corrected chi connectivity index (χ3v) is 6.42. The summed E-state index contributed by atoms with van der Waals surface area (Å²) >= 11 is 1.30. The predicted octanol–water partition coefficient (Wildman–Crippen LogP) is 2.67. The summed E-state index contributed by atoms with van der Waals surface area (Å²) in [5.41, 5.74) is 10.7. The van der Waals surface area contributed by atoms with Crippen LogP contribution in [0.25, 0.3) is 11.1 Å². The maximum absolute atomic E-state index is 3.34. The number of benzene rings is 2. The van der Waals surface area contributed by atoms with Crippen LogP contribution >= 0.6 is 0 Å². The Labute approximate surface area is 256 Å². The fourth-order valence-corrected chi connectivity index (χ4v) is 4.88. The molecule has 0 bridgehead atoms. The van der Waals surface area contributed by atoms with E-state index in [9.17, 15) is 0 Å². The van der Waals surface area contributed by atoms with Gasteiger partial charge in [0.05, 0.1) is 0 Å². The summed E-state index contributed by atoms with van der Waals surface area (Å²) in [6.45, 7) is 4.46. The van der Waals surface area contributed by atoms with Crippen molar-refractivity contribution in [3.05, 3.63) is 168 Å². The molecule has 0 amide bonds. The first-order valence-electron chi connectivity index (χ1n) is 12.5. The molecule has 0 aliphatic heterocycles. The molecule has 0 heterocycles. The van der Waals surface area contributed by atoms with Crippen LogP contribution in [-0.4, -0.2) is 4.21 Å². The van der Waals surface area contributed by atoms with Gasteiger partial charge in [-0.2, -0.15) is 36.1 Å². The molecule has 2 aromatic carbocycles. The molecule has 6 rings (SSSR count). The summed E-state index contributed by atoms with van der Waals surface area (Å²) < 4.78 is 3.34. The topological polar surface area (TPSA) is 0 Å². The van der Waals surface area contributed by atoms with Gasteiger partial charge < -0.3 is 24.8 Å². The van der Waals surface area contributed by atoms with E-state index < -0.39 is 0 Å². The third kappa shape index (κ3) is 7.73. The molecule has 2 aromatic rings. The predicted molar refractivity (Wildman–Crippen MR) is 153 cm³/mol. The molecule has 2 atom stereocenters. The Morgan fingerprint density at radius 1 is 0.526 bits per heavy atom. The monoisotopic (exact) mass is 612 g/mol. The van der Waals surface area contributed by atoms with E-state index in [-0.39, 0.29) is 24.8 Å². The molecule has 0 spiro atoms. The minimum atomic E-state index is 0. The van der Waals surface area contributed by atoms with E-state index in [1.54, 1.807) is 0 Å². The van der Waals surface area contributed by atoms with Gasteiger partial charge in [0, 0.05) is 0 Å². The number of allylic oxidation sites excluding steroid dienone is 16. The average Bonchev–Trinajstić information content (AvgIpc) is 3.33. The maximum atomic E-state index is 3.34. The van der Waals surface area contributed by atoms with E-state index in [4.69, 9.17) is 0 Å². The molecule has 0 aromatic heterocycles. The van der Waals surface area contributed by atoms with Crippen LogP contribution in [0, 0.1) is 24.7 Å². The third-order valence-electron chi connectivity index (χ3n) is 6.42. The van der Waals surface area contributed by atoms with Crippen molar-refractivity contribution < 1.29 is 49.0 Å². The van der Waals surface area contributed by atoms with E-state index >= 15 is 0 Å². The smallest absolute Gasteiger partial charge is 1.00 e. The molecule has 0 N–H and O–H groups in total. The Morgan fingerprint density at radius 3 is 1.24 bits per heavy atom. The molecule has 0 radical (unpaired) electrons. The van der Waals surface area contributed by atoms with Gasteiger partial charge >= 0.3 is 28.4 Å². The van der Waals surface area contributed by atoms with Gasteiger partial charge in [0.15, 0.2) is 0 Å². The van der Waals surface area contributed by atoms with Crippen molar-refractivity contribution in [3.63, 3.8) is 0 Å². The Morgan fingerprint density at radius 2 is 0.868 bits per heavy atom. The van der Waals surface area contributed by atoms with Gasteiger partial charge in [-0.15, -0.1) is 35.5 Å². The molecule has 0 nitrogen and oxygen atoms in total. The van der Waals surface area contributed by atoms with Gasteiger partial charge in [-0.3, -0.25) is 0 Å². The fourth-order valence-electron chi connectivity index (χ4n) is 4.88. The van der Waals surface area contributed by atoms with Crippen molar-refractivity contribution in [2.24, 2.45) is 11.8 Å². The van der Waals surface area contributed by atoms with Crippen molar-refractivity contribution in [2.45, 2.75) is 13.8 Å². The minimum Gasteiger partial charge on any atom is -1.00 e. The zero-order valence-corrected chi connectivity index (χ0v) is 25.8. The van der Waals surface area contributed by atoms with Crippen molar-refractivity contribution in [2.75, 3.05) is 0 Å². The molecular formula is C35H32Cl2Zr-2. The SMILES string of the molecule is CC1C=C2C(=CC=CC=C2c2ccccc2)[CH-]1.CC1C=C2C(=CC=CC=C2c2ccccc2)[CH-]1.[CH2]=[Zr+2].[Cl-].[Cl-]. The second-order valence-corrected chi connectivity index (χ2v) is 9.12. The van der Waals surface area contributed by atoms with Crippen LogP contribution in [0.15, 0.2) is 144 Å². The zero-order valence-electron chi connectivity index (χ0n) is 21.8. The maximum Gasteiger partial charge on any atom is -1.00 e. The summed E-state index contributed by atoms with van der Waals surface area (Å²) in [5, 5.41) is 0. The Bertz CT molecular complexity index is 1220. The van der Waals surface area contributed by atoms with Gasteiger partial charge in [0.2, 0.25) is 0 Å². The molecular weight excluding hydrogens is 583 g/mol. The first-order chi connectivity index (χ1) is 17.7. The normalized spacial score (nSPS) is 19.8. The minimum absolute atomic E-state index is 0. The van der Waals surface area contributed by atoms with E-state index in [2.05, 4.69) is 152 Å². The van der Waals surface area contributed by atoms with Crippen LogP contribution < -0.4 is 24.8 Å². The molecule has 0 saturated heterocycles. The molecule has 0 saturated carbocycles. The molecule has 3 heteroatoms. The van der Waals surface area contributed by atoms with E-state index in [1.807, 2.05) is 0 Å². The second-order valence-electron chi connectivity index (χ2n) is 9.12. The van der Waals surface area contributed by atoms with Gasteiger partial charge in [-0.25, -0.2) is 0 Å². The fraction of sp³-hybridized carbons (Fsp3) is 0.114. The Balaban J connectivity index is 0.000000239. The van der Waals surface area contributed by atoms with Crippen molar-refractivity contribution in [3.8, 4) is 0 Å². The van der Waals surface area contributed by atoms with Crippen LogP contribution in [0.2, 0.25) is 0 Å². The average molecular weight is 615 g/mol. The van der Waals surface area contributed by atoms with Crippen molar-refractivity contribution in [1.29, 1.82) is 0 Å². The number of rotatable bonds is 2. The van der Waals surface area contributed by atoms with Crippen LogP contribution in [0.4, 0.5) is 0 Å². The summed E-state index contributed by atoms with van der Waals surface area (Å²) in [5.74, 6) is 1.07. The summed E-state index contributed by atoms with van der Waals surface area (Å²) in [7, 11) is 0. The number of hydrogen-bond acceptors (Lipinski definition) is 0. The number of fused-ring (bicyclic) bond motifs is 2. The quantitative estimate of drug-likeness (QED) is 0.457. The van der Waals surface area contributed by atoms with Crippen LogP contribution in [0.5, 0.6) is 0 Å². The van der Waals surface area contributed by atoms with Crippen molar-refractivity contribution in [1.82, 2.24) is 0 Å². The molecule has 192 valence electrons. The van der Waals surface area contributed by atoms with Crippen LogP contribution in [-0.2, 0) is 24.2 Å². The molecule has 38 heavy (non-hydrogen) atoms. The summed E-state index contributed by atoms with van der Waals surface area (Å²) in [6.07, 6.45) is 26.6. The summed E-state index contributed by atoms with van der Waals surface area (Å²) in [6, 6.07) is 21.2. The number of halogens is 2. The molecule has 4 aliphatic carbocycles. The van der Waals surface area contributed by atoms with Gasteiger partial charge in [0.25, 0.3) is 0 Å². The Hall–Kier alpha value is -2.57.